The van der Waals surface area contributed by atoms with E-state index in [-0.39, 0.29) is 18.9 Å². The lowest BCUT2D eigenvalue weighted by Gasteiger charge is -2.12. The zero-order valence-corrected chi connectivity index (χ0v) is 15.5. The average Bonchev–Trinajstić information content (AvgIpc) is 3.20. The van der Waals surface area contributed by atoms with E-state index < -0.39 is 17.1 Å². The normalized spacial score (nSPS) is 15.8. The van der Waals surface area contributed by atoms with Gasteiger partial charge < -0.3 is 5.32 Å². The summed E-state index contributed by atoms with van der Waals surface area (Å²) in [6.45, 7) is 1.42. The molecule has 8 heteroatoms. The van der Waals surface area contributed by atoms with Crippen LogP contribution in [0.2, 0.25) is 0 Å². The maximum Gasteiger partial charge on any atom is 0.294 e. The molecule has 0 atom stereocenters. The van der Waals surface area contributed by atoms with E-state index in [1.807, 2.05) is 17.5 Å². The molecule has 3 amide bonds. The summed E-state index contributed by atoms with van der Waals surface area (Å²) in [4.78, 5) is 38.5. The standard InChI is InChI=1S/C18H15FN2O3S2/c1-11-4-5-12(7-14(11)19)9-20-16(22)10-21-17(23)15(26-18(21)24)8-13-3-2-6-25-13/h2-8H,9-10H2,1H3,(H,20,22)/b15-8-. The van der Waals surface area contributed by atoms with E-state index in [1.165, 1.54) is 17.4 Å². The van der Waals surface area contributed by atoms with Gasteiger partial charge in [-0.1, -0.05) is 18.2 Å². The van der Waals surface area contributed by atoms with Crippen molar-refractivity contribution in [3.8, 4) is 0 Å². The molecular weight excluding hydrogens is 375 g/mol. The van der Waals surface area contributed by atoms with Gasteiger partial charge in [-0.05, 0) is 53.4 Å². The molecular formula is C18H15FN2O3S2. The van der Waals surface area contributed by atoms with Crippen LogP contribution in [0.25, 0.3) is 6.08 Å². The number of thioether (sulfide) groups is 1. The van der Waals surface area contributed by atoms with Gasteiger partial charge in [0.05, 0.1) is 4.91 Å². The maximum atomic E-state index is 13.5. The second-order valence-corrected chi connectivity index (χ2v) is 7.62. The van der Waals surface area contributed by atoms with E-state index in [2.05, 4.69) is 5.32 Å². The van der Waals surface area contributed by atoms with E-state index in [9.17, 15) is 18.8 Å². The molecule has 1 aliphatic rings. The second kappa shape index (κ2) is 7.84. The summed E-state index contributed by atoms with van der Waals surface area (Å²) in [5.41, 5.74) is 1.13. The Morgan fingerprint density at radius 3 is 2.81 bits per heavy atom. The number of rotatable bonds is 5. The Hall–Kier alpha value is -2.45. The molecule has 0 spiro atoms. The summed E-state index contributed by atoms with van der Waals surface area (Å²) in [6.07, 6.45) is 1.64. The number of carbonyl (C=O) groups excluding carboxylic acids is 3. The quantitative estimate of drug-likeness (QED) is 0.793. The fraction of sp³-hybridized carbons (Fsp3) is 0.167. The zero-order valence-electron chi connectivity index (χ0n) is 13.8. The predicted octanol–water partition coefficient (Wildman–Crippen LogP) is 3.55. The van der Waals surface area contributed by atoms with Crippen LogP contribution in [0.3, 0.4) is 0 Å². The highest BCUT2D eigenvalue weighted by Crippen LogP contribution is 2.32. The van der Waals surface area contributed by atoms with Crippen LogP contribution in [-0.4, -0.2) is 28.5 Å². The number of halogens is 1. The molecule has 3 rings (SSSR count). The van der Waals surface area contributed by atoms with Gasteiger partial charge in [0.15, 0.2) is 0 Å². The summed E-state index contributed by atoms with van der Waals surface area (Å²) < 4.78 is 13.5. The highest BCUT2D eigenvalue weighted by atomic mass is 32.2. The Bertz CT molecular complexity index is 894. The molecule has 1 aromatic heterocycles. The molecule has 0 saturated carbocycles. The van der Waals surface area contributed by atoms with Crippen molar-refractivity contribution in [2.24, 2.45) is 0 Å². The topological polar surface area (TPSA) is 66.5 Å². The van der Waals surface area contributed by atoms with E-state index in [0.717, 1.165) is 21.5 Å². The molecule has 0 radical (unpaired) electrons. The van der Waals surface area contributed by atoms with Crippen molar-refractivity contribution in [3.63, 3.8) is 0 Å². The number of aryl methyl sites for hydroxylation is 1. The van der Waals surface area contributed by atoms with Crippen molar-refractivity contribution in [1.82, 2.24) is 10.2 Å². The molecule has 0 bridgehead atoms. The SMILES string of the molecule is Cc1ccc(CNC(=O)CN2C(=O)S/C(=C\c3cccs3)C2=O)cc1F. The smallest absolute Gasteiger partial charge is 0.294 e. The summed E-state index contributed by atoms with van der Waals surface area (Å²) in [6, 6.07) is 8.37. The van der Waals surface area contributed by atoms with Crippen LogP contribution >= 0.6 is 23.1 Å². The Morgan fingerprint density at radius 1 is 1.31 bits per heavy atom. The first kappa shape index (κ1) is 18.3. The first-order valence-corrected chi connectivity index (χ1v) is 9.44. The fourth-order valence-corrected chi connectivity index (χ4v) is 3.85. The molecule has 1 fully saturated rings. The van der Waals surface area contributed by atoms with Crippen molar-refractivity contribution >= 4 is 46.2 Å². The van der Waals surface area contributed by atoms with Crippen LogP contribution in [0.1, 0.15) is 16.0 Å². The number of amides is 3. The van der Waals surface area contributed by atoms with Crippen LogP contribution in [0.5, 0.6) is 0 Å². The molecule has 0 unspecified atom stereocenters. The van der Waals surface area contributed by atoms with Crippen LogP contribution in [0.4, 0.5) is 9.18 Å². The summed E-state index contributed by atoms with van der Waals surface area (Å²) in [5.74, 6) is -1.31. The molecule has 134 valence electrons. The minimum atomic E-state index is -0.482. The number of nitrogens with one attached hydrogen (secondary N) is 1. The van der Waals surface area contributed by atoms with Crippen molar-refractivity contribution in [3.05, 3.63) is 62.4 Å². The molecule has 2 heterocycles. The van der Waals surface area contributed by atoms with Gasteiger partial charge in [-0.3, -0.25) is 19.3 Å². The highest BCUT2D eigenvalue weighted by Gasteiger charge is 2.36. The van der Waals surface area contributed by atoms with Crippen LogP contribution in [0.15, 0.2) is 40.6 Å². The first-order valence-electron chi connectivity index (χ1n) is 7.74. The van der Waals surface area contributed by atoms with Gasteiger partial charge in [-0.2, -0.15) is 0 Å². The van der Waals surface area contributed by atoms with Gasteiger partial charge in [-0.25, -0.2) is 4.39 Å². The predicted molar refractivity (Wildman–Crippen MR) is 100.0 cm³/mol. The van der Waals surface area contributed by atoms with Crippen LogP contribution < -0.4 is 5.32 Å². The number of hydrogen-bond acceptors (Lipinski definition) is 5. The summed E-state index contributed by atoms with van der Waals surface area (Å²) >= 11 is 2.27. The number of imide groups is 1. The average molecular weight is 390 g/mol. The second-order valence-electron chi connectivity index (χ2n) is 5.64. The number of thiophene rings is 1. The molecule has 26 heavy (non-hydrogen) atoms. The van der Waals surface area contributed by atoms with E-state index in [4.69, 9.17) is 0 Å². The first-order chi connectivity index (χ1) is 12.4. The van der Waals surface area contributed by atoms with Crippen molar-refractivity contribution in [1.29, 1.82) is 0 Å². The van der Waals surface area contributed by atoms with E-state index in [1.54, 1.807) is 25.1 Å². The van der Waals surface area contributed by atoms with Gasteiger partial charge in [0.25, 0.3) is 11.1 Å². The Balaban J connectivity index is 1.59. The third-order valence-corrected chi connectivity index (χ3v) is 5.44. The molecule has 2 aromatic rings. The number of benzene rings is 1. The third kappa shape index (κ3) is 4.20. The minimum absolute atomic E-state index is 0.122. The zero-order chi connectivity index (χ0) is 18.7. The highest BCUT2D eigenvalue weighted by molar-refractivity contribution is 8.18. The molecule has 1 saturated heterocycles. The van der Waals surface area contributed by atoms with Gasteiger partial charge >= 0.3 is 0 Å². The van der Waals surface area contributed by atoms with E-state index >= 15 is 0 Å². The van der Waals surface area contributed by atoms with Crippen LogP contribution in [-0.2, 0) is 16.1 Å². The molecule has 1 aromatic carbocycles. The van der Waals surface area contributed by atoms with Gasteiger partial charge in [0.1, 0.15) is 12.4 Å². The lowest BCUT2D eigenvalue weighted by Crippen LogP contribution is -2.39. The van der Waals surface area contributed by atoms with Gasteiger partial charge in [-0.15, -0.1) is 11.3 Å². The molecule has 1 N–H and O–H groups in total. The minimum Gasteiger partial charge on any atom is -0.350 e. The number of nitrogens with zero attached hydrogens (tertiary/aromatic N) is 1. The third-order valence-electron chi connectivity index (χ3n) is 3.72. The van der Waals surface area contributed by atoms with Gasteiger partial charge in [0, 0.05) is 11.4 Å². The molecule has 0 aliphatic carbocycles. The largest absolute Gasteiger partial charge is 0.350 e. The summed E-state index contributed by atoms with van der Waals surface area (Å²) in [5, 5.41) is 3.99. The number of carbonyl (C=O) groups is 3. The van der Waals surface area contributed by atoms with Crippen molar-refractivity contribution in [2.75, 3.05) is 6.54 Å². The lowest BCUT2D eigenvalue weighted by atomic mass is 10.1. The molecule has 1 aliphatic heterocycles. The van der Waals surface area contributed by atoms with Crippen molar-refractivity contribution < 1.29 is 18.8 Å². The van der Waals surface area contributed by atoms with E-state index in [0.29, 0.717) is 16.0 Å². The Morgan fingerprint density at radius 2 is 2.12 bits per heavy atom. The molecule has 5 nitrogen and oxygen atoms in total. The summed E-state index contributed by atoms with van der Waals surface area (Å²) in [7, 11) is 0. The Kier molecular flexibility index (Phi) is 5.53. The van der Waals surface area contributed by atoms with Crippen molar-refractivity contribution in [2.45, 2.75) is 13.5 Å². The lowest BCUT2D eigenvalue weighted by molar-refractivity contribution is -0.129. The Labute approximate surface area is 157 Å². The maximum absolute atomic E-state index is 13.5. The van der Waals surface area contributed by atoms with Gasteiger partial charge in [0.2, 0.25) is 5.91 Å². The van der Waals surface area contributed by atoms with Crippen LogP contribution in [0, 0.1) is 12.7 Å². The fourth-order valence-electron chi connectivity index (χ4n) is 2.29. The number of hydrogen-bond donors (Lipinski definition) is 1. The monoisotopic (exact) mass is 390 g/mol.